The first-order valence-electron chi connectivity index (χ1n) is 8.00. The largest absolute Gasteiger partial charge is 0.0890 e. The van der Waals surface area contributed by atoms with E-state index in [1.165, 1.54) is 56.9 Å². The summed E-state index contributed by atoms with van der Waals surface area (Å²) in [6, 6.07) is 9.05. The minimum atomic E-state index is 0.741. The summed E-state index contributed by atoms with van der Waals surface area (Å²) in [5.74, 6) is 2.56. The van der Waals surface area contributed by atoms with Crippen molar-refractivity contribution in [2.75, 3.05) is 0 Å². The second-order valence-electron chi connectivity index (χ2n) is 6.10. The molecule has 0 unspecified atom stereocenters. The summed E-state index contributed by atoms with van der Waals surface area (Å²) in [6.45, 7) is 2.30. The van der Waals surface area contributed by atoms with Crippen molar-refractivity contribution in [3.8, 4) is 0 Å². The van der Waals surface area contributed by atoms with E-state index >= 15 is 0 Å². The Morgan fingerprint density at radius 2 is 1.68 bits per heavy atom. The van der Waals surface area contributed by atoms with Gasteiger partial charge in [-0.2, -0.15) is 0 Å². The van der Waals surface area contributed by atoms with Gasteiger partial charge >= 0.3 is 0 Å². The van der Waals surface area contributed by atoms with Gasteiger partial charge in [-0.1, -0.05) is 69.5 Å². The third-order valence-corrected chi connectivity index (χ3v) is 5.01. The Labute approximate surface area is 124 Å². The standard InChI is InChI=1S/C18H27S/c1-2-3-4-5-15-6-10-17(11-7-15)18-12-8-16(14-19)9-13-18/h8-9,12-13,15,17H,2-7,10-11,14H2,1H3. The number of rotatable bonds is 6. The fourth-order valence-corrected chi connectivity index (χ4v) is 3.55. The van der Waals surface area contributed by atoms with E-state index in [9.17, 15) is 0 Å². The maximum absolute atomic E-state index is 5.08. The summed E-state index contributed by atoms with van der Waals surface area (Å²) >= 11 is 5.08. The molecule has 1 heteroatoms. The van der Waals surface area contributed by atoms with Gasteiger partial charge in [0, 0.05) is 5.75 Å². The highest BCUT2D eigenvalue weighted by Gasteiger charge is 2.21. The summed E-state index contributed by atoms with van der Waals surface area (Å²) in [6.07, 6.45) is 11.4. The Kier molecular flexibility index (Phi) is 6.30. The molecule has 2 rings (SSSR count). The zero-order valence-electron chi connectivity index (χ0n) is 12.2. The van der Waals surface area contributed by atoms with E-state index in [1.807, 2.05) is 0 Å². The molecule has 1 aromatic rings. The van der Waals surface area contributed by atoms with Gasteiger partial charge in [0.15, 0.2) is 0 Å². The molecule has 1 fully saturated rings. The average Bonchev–Trinajstić information content (AvgIpc) is 2.48. The molecular formula is C18H27S. The number of hydrogen-bond donors (Lipinski definition) is 0. The highest BCUT2D eigenvalue weighted by Crippen LogP contribution is 2.37. The van der Waals surface area contributed by atoms with Crippen LogP contribution in [0.5, 0.6) is 0 Å². The highest BCUT2D eigenvalue weighted by atomic mass is 32.1. The molecule has 1 saturated carbocycles. The van der Waals surface area contributed by atoms with Crippen molar-refractivity contribution >= 4 is 12.6 Å². The molecule has 19 heavy (non-hydrogen) atoms. The van der Waals surface area contributed by atoms with Gasteiger partial charge in [0.2, 0.25) is 0 Å². The second kappa shape index (κ2) is 7.99. The van der Waals surface area contributed by atoms with Crippen LogP contribution < -0.4 is 0 Å². The van der Waals surface area contributed by atoms with Crippen LogP contribution in [0, 0.1) is 5.92 Å². The summed E-state index contributed by atoms with van der Waals surface area (Å²) in [5.41, 5.74) is 2.83. The summed E-state index contributed by atoms with van der Waals surface area (Å²) in [5, 5.41) is 0. The zero-order valence-corrected chi connectivity index (χ0v) is 13.1. The molecule has 0 nitrogen and oxygen atoms in total. The van der Waals surface area contributed by atoms with Gasteiger partial charge < -0.3 is 0 Å². The van der Waals surface area contributed by atoms with Crippen molar-refractivity contribution in [2.24, 2.45) is 5.92 Å². The molecule has 0 heterocycles. The first kappa shape index (κ1) is 15.0. The monoisotopic (exact) mass is 275 g/mol. The van der Waals surface area contributed by atoms with Crippen LogP contribution in [-0.4, -0.2) is 0 Å². The molecule has 0 aliphatic heterocycles. The van der Waals surface area contributed by atoms with Crippen molar-refractivity contribution in [1.29, 1.82) is 0 Å². The van der Waals surface area contributed by atoms with Crippen molar-refractivity contribution in [3.63, 3.8) is 0 Å². The van der Waals surface area contributed by atoms with E-state index in [2.05, 4.69) is 31.2 Å². The topological polar surface area (TPSA) is 0 Å². The Morgan fingerprint density at radius 1 is 1.00 bits per heavy atom. The van der Waals surface area contributed by atoms with Gasteiger partial charge in [0.05, 0.1) is 0 Å². The quantitative estimate of drug-likeness (QED) is 0.539. The fourth-order valence-electron chi connectivity index (χ4n) is 3.35. The number of hydrogen-bond acceptors (Lipinski definition) is 0. The zero-order chi connectivity index (χ0) is 13.5. The minimum Gasteiger partial charge on any atom is -0.0890 e. The molecule has 1 aliphatic carbocycles. The lowest BCUT2D eigenvalue weighted by molar-refractivity contribution is 0.303. The molecule has 0 N–H and O–H groups in total. The Balaban J connectivity index is 1.78. The summed E-state index contributed by atoms with van der Waals surface area (Å²) in [7, 11) is 0. The molecule has 105 valence electrons. The number of unbranched alkanes of at least 4 members (excludes halogenated alkanes) is 2. The maximum atomic E-state index is 5.08. The molecule has 0 saturated heterocycles. The molecule has 0 spiro atoms. The van der Waals surface area contributed by atoms with Crippen LogP contribution in [0.25, 0.3) is 0 Å². The van der Waals surface area contributed by atoms with Gasteiger partial charge in [0.25, 0.3) is 0 Å². The Morgan fingerprint density at radius 3 is 2.26 bits per heavy atom. The van der Waals surface area contributed by atoms with Gasteiger partial charge in [-0.25, -0.2) is 0 Å². The minimum absolute atomic E-state index is 0.741. The smallest absolute Gasteiger partial charge is 0.0288 e. The second-order valence-corrected chi connectivity index (χ2v) is 6.39. The predicted molar refractivity (Wildman–Crippen MR) is 86.6 cm³/mol. The molecule has 0 atom stereocenters. The molecule has 0 aromatic heterocycles. The van der Waals surface area contributed by atoms with Gasteiger partial charge in [-0.3, -0.25) is 0 Å². The third-order valence-electron chi connectivity index (χ3n) is 4.68. The molecule has 1 radical (unpaired) electrons. The van der Waals surface area contributed by atoms with E-state index in [0.717, 1.165) is 17.6 Å². The summed E-state index contributed by atoms with van der Waals surface area (Å²) < 4.78 is 0. The van der Waals surface area contributed by atoms with Crippen LogP contribution in [-0.2, 0) is 5.75 Å². The predicted octanol–water partition coefficient (Wildman–Crippen LogP) is 6.24. The summed E-state index contributed by atoms with van der Waals surface area (Å²) in [4.78, 5) is 0. The van der Waals surface area contributed by atoms with E-state index in [1.54, 1.807) is 5.56 Å². The molecule has 1 aromatic carbocycles. The van der Waals surface area contributed by atoms with Crippen molar-refractivity contribution < 1.29 is 0 Å². The van der Waals surface area contributed by atoms with Gasteiger partial charge in [0.1, 0.15) is 0 Å². The van der Waals surface area contributed by atoms with E-state index in [-0.39, 0.29) is 0 Å². The molecule has 0 amide bonds. The van der Waals surface area contributed by atoms with Crippen LogP contribution in [0.3, 0.4) is 0 Å². The van der Waals surface area contributed by atoms with Crippen LogP contribution in [0.4, 0.5) is 0 Å². The maximum Gasteiger partial charge on any atom is 0.0288 e. The molecular weight excluding hydrogens is 248 g/mol. The van der Waals surface area contributed by atoms with Crippen LogP contribution >= 0.6 is 12.6 Å². The van der Waals surface area contributed by atoms with Crippen LogP contribution in [0.15, 0.2) is 24.3 Å². The Hall–Kier alpha value is -0.430. The lowest BCUT2D eigenvalue weighted by Crippen LogP contribution is -2.13. The Bertz CT molecular complexity index is 346. The lowest BCUT2D eigenvalue weighted by atomic mass is 9.77. The van der Waals surface area contributed by atoms with E-state index < -0.39 is 0 Å². The first-order chi connectivity index (χ1) is 9.33. The third kappa shape index (κ3) is 4.56. The van der Waals surface area contributed by atoms with Crippen LogP contribution in [0.2, 0.25) is 0 Å². The van der Waals surface area contributed by atoms with Crippen LogP contribution in [0.1, 0.15) is 75.3 Å². The van der Waals surface area contributed by atoms with Crippen molar-refractivity contribution in [3.05, 3.63) is 35.4 Å². The van der Waals surface area contributed by atoms with Crippen molar-refractivity contribution in [2.45, 2.75) is 70.0 Å². The van der Waals surface area contributed by atoms with Gasteiger partial charge in [-0.15, -0.1) is 0 Å². The fraction of sp³-hybridized carbons (Fsp3) is 0.667. The normalized spacial score (nSPS) is 23.5. The first-order valence-corrected chi connectivity index (χ1v) is 8.58. The molecule has 0 bridgehead atoms. The van der Waals surface area contributed by atoms with Gasteiger partial charge in [-0.05, 0) is 48.6 Å². The average molecular weight is 275 g/mol. The highest BCUT2D eigenvalue weighted by molar-refractivity contribution is 7.79. The van der Waals surface area contributed by atoms with Crippen molar-refractivity contribution in [1.82, 2.24) is 0 Å². The van der Waals surface area contributed by atoms with E-state index in [0.29, 0.717) is 0 Å². The molecule has 1 aliphatic rings. The SMILES string of the molecule is CCCCCC1CCC(c2ccc(C[S])cc2)CC1. The lowest BCUT2D eigenvalue weighted by Gasteiger charge is -2.29. The number of benzene rings is 1. The van der Waals surface area contributed by atoms with E-state index in [4.69, 9.17) is 12.6 Å².